The lowest BCUT2D eigenvalue weighted by molar-refractivity contribution is 0.189. The number of hydrogen-bond donors (Lipinski definition) is 1. The Balaban J connectivity index is 2.34. The summed E-state index contributed by atoms with van der Waals surface area (Å²) in [7, 11) is 1.85. The van der Waals surface area contributed by atoms with E-state index in [-0.39, 0.29) is 5.54 Å². The molecular weight excluding hydrogens is 178 g/mol. The van der Waals surface area contributed by atoms with Gasteiger partial charge in [-0.3, -0.25) is 0 Å². The summed E-state index contributed by atoms with van der Waals surface area (Å²) in [6.45, 7) is 2.19. The number of tetrazole rings is 1. The van der Waals surface area contributed by atoms with Crippen LogP contribution in [0, 0.1) is 5.92 Å². The first-order chi connectivity index (χ1) is 6.64. The van der Waals surface area contributed by atoms with Crippen LogP contribution in [0.2, 0.25) is 0 Å². The third-order valence-corrected chi connectivity index (χ3v) is 3.39. The van der Waals surface area contributed by atoms with Gasteiger partial charge >= 0.3 is 0 Å². The standard InChI is InChI=1S/C9H17N5/c1-7-5-3-4-6-9(7,10)8-11-12-13-14(8)2/h7H,3-6,10H2,1-2H3. The number of rotatable bonds is 1. The highest BCUT2D eigenvalue weighted by Gasteiger charge is 2.39. The quantitative estimate of drug-likeness (QED) is 0.711. The van der Waals surface area contributed by atoms with E-state index in [0.29, 0.717) is 5.92 Å². The van der Waals surface area contributed by atoms with Crippen LogP contribution >= 0.6 is 0 Å². The molecule has 1 aliphatic rings. The van der Waals surface area contributed by atoms with E-state index in [0.717, 1.165) is 12.2 Å². The van der Waals surface area contributed by atoms with Gasteiger partial charge in [0.1, 0.15) is 0 Å². The molecule has 2 N–H and O–H groups in total. The molecule has 0 radical (unpaired) electrons. The highest BCUT2D eigenvalue weighted by Crippen LogP contribution is 2.37. The van der Waals surface area contributed by atoms with Gasteiger partial charge in [0, 0.05) is 7.05 Å². The van der Waals surface area contributed by atoms with Gasteiger partial charge < -0.3 is 5.73 Å². The minimum Gasteiger partial charge on any atom is -0.319 e. The van der Waals surface area contributed by atoms with Gasteiger partial charge in [-0.1, -0.05) is 19.8 Å². The van der Waals surface area contributed by atoms with Gasteiger partial charge in [0.2, 0.25) is 0 Å². The molecule has 2 unspecified atom stereocenters. The van der Waals surface area contributed by atoms with Crippen LogP contribution in [0.3, 0.4) is 0 Å². The van der Waals surface area contributed by atoms with Crippen LogP contribution < -0.4 is 5.73 Å². The van der Waals surface area contributed by atoms with Crippen molar-refractivity contribution in [2.24, 2.45) is 18.7 Å². The number of aromatic nitrogens is 4. The lowest BCUT2D eigenvalue weighted by Crippen LogP contribution is -2.47. The average molecular weight is 195 g/mol. The lowest BCUT2D eigenvalue weighted by atomic mass is 9.74. The summed E-state index contributed by atoms with van der Waals surface area (Å²) in [5.74, 6) is 1.28. The summed E-state index contributed by atoms with van der Waals surface area (Å²) in [6.07, 6.45) is 4.60. The second-order valence-electron chi connectivity index (χ2n) is 4.31. The molecule has 1 saturated carbocycles. The maximum Gasteiger partial charge on any atom is 0.171 e. The fourth-order valence-electron chi connectivity index (χ4n) is 2.33. The summed E-state index contributed by atoms with van der Waals surface area (Å²) in [4.78, 5) is 0. The second kappa shape index (κ2) is 3.31. The molecule has 5 heteroatoms. The highest BCUT2D eigenvalue weighted by molar-refractivity contribution is 5.06. The molecule has 78 valence electrons. The normalized spacial score (nSPS) is 33.2. The Morgan fingerprint density at radius 1 is 1.50 bits per heavy atom. The molecule has 1 heterocycles. The number of hydrogen-bond acceptors (Lipinski definition) is 4. The van der Waals surface area contributed by atoms with Crippen molar-refractivity contribution < 1.29 is 0 Å². The van der Waals surface area contributed by atoms with E-state index in [4.69, 9.17) is 5.73 Å². The van der Waals surface area contributed by atoms with Crippen LogP contribution in [0.1, 0.15) is 38.4 Å². The number of aryl methyl sites for hydroxylation is 1. The van der Waals surface area contributed by atoms with Gasteiger partial charge in [0.25, 0.3) is 0 Å². The smallest absolute Gasteiger partial charge is 0.171 e. The molecule has 0 saturated heterocycles. The van der Waals surface area contributed by atoms with Crippen LogP contribution in [0.15, 0.2) is 0 Å². The van der Waals surface area contributed by atoms with Crippen molar-refractivity contribution in [3.63, 3.8) is 0 Å². The van der Waals surface area contributed by atoms with Gasteiger partial charge in [-0.25, -0.2) is 4.68 Å². The first kappa shape index (κ1) is 9.58. The fourth-order valence-corrected chi connectivity index (χ4v) is 2.33. The monoisotopic (exact) mass is 195 g/mol. The molecule has 5 nitrogen and oxygen atoms in total. The molecule has 0 spiro atoms. The summed E-state index contributed by atoms with van der Waals surface area (Å²) in [6, 6.07) is 0. The Morgan fingerprint density at radius 2 is 2.29 bits per heavy atom. The van der Waals surface area contributed by atoms with Crippen molar-refractivity contribution in [1.29, 1.82) is 0 Å². The maximum absolute atomic E-state index is 6.41. The zero-order valence-electron chi connectivity index (χ0n) is 8.77. The van der Waals surface area contributed by atoms with Crippen LogP contribution in [0.5, 0.6) is 0 Å². The highest BCUT2D eigenvalue weighted by atomic mass is 15.5. The van der Waals surface area contributed by atoms with Gasteiger partial charge in [0.05, 0.1) is 5.54 Å². The average Bonchev–Trinajstić information content (AvgIpc) is 2.57. The van der Waals surface area contributed by atoms with Crippen molar-refractivity contribution in [2.45, 2.75) is 38.1 Å². The molecule has 1 aromatic heterocycles. The van der Waals surface area contributed by atoms with E-state index in [1.807, 2.05) is 7.05 Å². The molecule has 0 bridgehead atoms. The molecule has 1 aromatic rings. The zero-order chi connectivity index (χ0) is 10.2. The van der Waals surface area contributed by atoms with Crippen LogP contribution in [0.25, 0.3) is 0 Å². The summed E-state index contributed by atoms with van der Waals surface area (Å²) < 4.78 is 1.70. The largest absolute Gasteiger partial charge is 0.319 e. The summed E-state index contributed by atoms with van der Waals surface area (Å²) >= 11 is 0. The third kappa shape index (κ3) is 1.32. The van der Waals surface area contributed by atoms with E-state index in [1.165, 1.54) is 19.3 Å². The Bertz CT molecular complexity index is 321. The van der Waals surface area contributed by atoms with Crippen molar-refractivity contribution in [2.75, 3.05) is 0 Å². The van der Waals surface area contributed by atoms with Crippen LogP contribution in [0.4, 0.5) is 0 Å². The van der Waals surface area contributed by atoms with E-state index in [1.54, 1.807) is 4.68 Å². The molecule has 14 heavy (non-hydrogen) atoms. The Morgan fingerprint density at radius 3 is 2.86 bits per heavy atom. The minimum atomic E-state index is -0.323. The van der Waals surface area contributed by atoms with Crippen molar-refractivity contribution in [3.8, 4) is 0 Å². The zero-order valence-corrected chi connectivity index (χ0v) is 8.77. The fraction of sp³-hybridized carbons (Fsp3) is 0.889. The SMILES string of the molecule is CC1CCCCC1(N)c1nnnn1C. The van der Waals surface area contributed by atoms with E-state index < -0.39 is 0 Å². The molecule has 2 rings (SSSR count). The topological polar surface area (TPSA) is 69.6 Å². The molecule has 1 aliphatic carbocycles. The predicted octanol–water partition coefficient (Wildman–Crippen LogP) is 0.574. The number of nitrogens with two attached hydrogens (primary N) is 1. The Kier molecular flexibility index (Phi) is 2.26. The lowest BCUT2D eigenvalue weighted by Gasteiger charge is -2.37. The van der Waals surface area contributed by atoms with E-state index in [9.17, 15) is 0 Å². The molecule has 2 atom stereocenters. The first-order valence-electron chi connectivity index (χ1n) is 5.16. The van der Waals surface area contributed by atoms with Gasteiger partial charge in [-0.2, -0.15) is 0 Å². The maximum atomic E-state index is 6.41. The third-order valence-electron chi connectivity index (χ3n) is 3.39. The van der Waals surface area contributed by atoms with Gasteiger partial charge in [-0.05, 0) is 29.2 Å². The molecule has 0 aromatic carbocycles. The van der Waals surface area contributed by atoms with Crippen molar-refractivity contribution in [3.05, 3.63) is 5.82 Å². The Labute approximate surface area is 83.7 Å². The van der Waals surface area contributed by atoms with E-state index >= 15 is 0 Å². The number of nitrogens with zero attached hydrogens (tertiary/aromatic N) is 4. The van der Waals surface area contributed by atoms with Gasteiger partial charge in [-0.15, -0.1) is 5.10 Å². The molecule has 0 aliphatic heterocycles. The molecule has 0 amide bonds. The summed E-state index contributed by atoms with van der Waals surface area (Å²) in [5.41, 5.74) is 6.08. The second-order valence-corrected chi connectivity index (χ2v) is 4.31. The molecular formula is C9H17N5. The summed E-state index contributed by atoms with van der Waals surface area (Å²) in [5, 5.41) is 11.5. The van der Waals surface area contributed by atoms with Crippen molar-refractivity contribution >= 4 is 0 Å². The molecule has 1 fully saturated rings. The van der Waals surface area contributed by atoms with Crippen LogP contribution in [-0.2, 0) is 12.6 Å². The van der Waals surface area contributed by atoms with Crippen molar-refractivity contribution in [1.82, 2.24) is 20.2 Å². The minimum absolute atomic E-state index is 0.323. The van der Waals surface area contributed by atoms with Crippen LogP contribution in [-0.4, -0.2) is 20.2 Å². The van der Waals surface area contributed by atoms with Gasteiger partial charge in [0.15, 0.2) is 5.82 Å². The Hall–Kier alpha value is -0.970. The predicted molar refractivity (Wildman–Crippen MR) is 52.3 cm³/mol. The first-order valence-corrected chi connectivity index (χ1v) is 5.16. The van der Waals surface area contributed by atoms with E-state index in [2.05, 4.69) is 22.4 Å².